The predicted octanol–water partition coefficient (Wildman–Crippen LogP) is 4.62. The normalized spacial score (nSPS) is 12.8. The largest absolute Gasteiger partial charge is 0.438 e. The highest BCUT2D eigenvalue weighted by Gasteiger charge is 2.38. The molecular formula is C21H20F3N3O2. The predicted molar refractivity (Wildman–Crippen MR) is 105 cm³/mol. The lowest BCUT2D eigenvalue weighted by atomic mass is 10.1. The van der Waals surface area contributed by atoms with Crippen LogP contribution in [0.5, 0.6) is 0 Å². The van der Waals surface area contributed by atoms with Gasteiger partial charge in [0.2, 0.25) is 11.6 Å². The van der Waals surface area contributed by atoms with Crippen molar-refractivity contribution in [3.63, 3.8) is 0 Å². The van der Waals surface area contributed by atoms with Crippen molar-refractivity contribution in [2.75, 3.05) is 5.32 Å². The number of hydrogen-bond acceptors (Lipinski definition) is 3. The molecule has 0 saturated heterocycles. The molecule has 0 aliphatic rings. The summed E-state index contributed by atoms with van der Waals surface area (Å²) in [5, 5.41) is 2.67. The van der Waals surface area contributed by atoms with E-state index in [1.165, 1.54) is 6.07 Å². The van der Waals surface area contributed by atoms with Crippen molar-refractivity contribution in [1.82, 2.24) is 9.55 Å². The van der Waals surface area contributed by atoms with Crippen LogP contribution >= 0.6 is 0 Å². The van der Waals surface area contributed by atoms with Crippen LogP contribution in [-0.4, -0.2) is 15.5 Å². The number of nitrogens with one attached hydrogen (secondary N) is 1. The Morgan fingerprint density at radius 3 is 2.34 bits per heavy atom. The topological polar surface area (TPSA) is 64.0 Å². The number of carbonyl (C=O) groups excluding carboxylic acids is 1. The summed E-state index contributed by atoms with van der Waals surface area (Å²) in [6.45, 7) is 5.17. The Bertz CT molecular complexity index is 1120. The van der Waals surface area contributed by atoms with Gasteiger partial charge in [0, 0.05) is 5.69 Å². The van der Waals surface area contributed by atoms with E-state index in [9.17, 15) is 22.8 Å². The molecule has 1 aromatic heterocycles. The molecule has 29 heavy (non-hydrogen) atoms. The Balaban J connectivity index is 2.24. The molecule has 0 aliphatic carbocycles. The number of benzene rings is 2. The second-order valence-electron chi connectivity index (χ2n) is 6.84. The first-order valence-electron chi connectivity index (χ1n) is 9.10. The zero-order valence-corrected chi connectivity index (χ0v) is 16.2. The van der Waals surface area contributed by atoms with Gasteiger partial charge in [-0.25, -0.2) is 4.98 Å². The summed E-state index contributed by atoms with van der Waals surface area (Å²) in [6.07, 6.45) is -4.80. The molecular weight excluding hydrogens is 383 g/mol. The van der Waals surface area contributed by atoms with Crippen LogP contribution in [0.25, 0.3) is 11.0 Å². The van der Waals surface area contributed by atoms with Crippen molar-refractivity contribution in [1.29, 1.82) is 0 Å². The van der Waals surface area contributed by atoms with E-state index in [-0.39, 0.29) is 17.5 Å². The molecule has 1 amide bonds. The SMILES string of the molecule is CC[C@@H](C(=O)Nc1ccccc1)n1c(=O)c(C(F)(F)F)nc2cc(C)c(C)cc21. The number of anilines is 1. The van der Waals surface area contributed by atoms with Crippen molar-refractivity contribution < 1.29 is 18.0 Å². The third-order valence-corrected chi connectivity index (χ3v) is 4.81. The van der Waals surface area contributed by atoms with Crippen molar-refractivity contribution in [3.05, 3.63) is 69.6 Å². The first kappa shape index (κ1) is 20.6. The molecule has 0 spiro atoms. The minimum atomic E-state index is -4.93. The number of amides is 1. The lowest BCUT2D eigenvalue weighted by Gasteiger charge is -2.22. The summed E-state index contributed by atoms with van der Waals surface area (Å²) in [7, 11) is 0. The van der Waals surface area contributed by atoms with Gasteiger partial charge in [0.15, 0.2) is 0 Å². The van der Waals surface area contributed by atoms with Crippen LogP contribution in [0.3, 0.4) is 0 Å². The maximum atomic E-state index is 13.5. The highest BCUT2D eigenvalue weighted by Crippen LogP contribution is 2.29. The van der Waals surface area contributed by atoms with E-state index in [2.05, 4.69) is 10.3 Å². The molecule has 8 heteroatoms. The zero-order chi connectivity index (χ0) is 21.3. The molecule has 0 saturated carbocycles. The molecule has 1 atom stereocenters. The molecule has 0 bridgehead atoms. The number of para-hydroxylation sites is 1. The number of aryl methyl sites for hydroxylation is 2. The summed E-state index contributed by atoms with van der Waals surface area (Å²) in [6, 6.07) is 10.5. The second kappa shape index (κ2) is 7.69. The fourth-order valence-corrected chi connectivity index (χ4v) is 3.19. The average molecular weight is 403 g/mol. The maximum Gasteiger partial charge on any atom is 0.438 e. The van der Waals surface area contributed by atoms with Crippen molar-refractivity contribution in [2.24, 2.45) is 0 Å². The molecule has 0 unspecified atom stereocenters. The monoisotopic (exact) mass is 403 g/mol. The maximum absolute atomic E-state index is 13.5. The first-order chi connectivity index (χ1) is 13.6. The fourth-order valence-electron chi connectivity index (χ4n) is 3.19. The van der Waals surface area contributed by atoms with Crippen LogP contribution < -0.4 is 10.9 Å². The van der Waals surface area contributed by atoms with E-state index in [0.717, 1.165) is 15.7 Å². The smallest absolute Gasteiger partial charge is 0.324 e. The van der Waals surface area contributed by atoms with E-state index in [1.54, 1.807) is 57.2 Å². The molecule has 3 rings (SSSR count). The van der Waals surface area contributed by atoms with Gasteiger partial charge in [0.05, 0.1) is 11.0 Å². The molecule has 0 radical (unpaired) electrons. The van der Waals surface area contributed by atoms with Crippen molar-refractivity contribution in [2.45, 2.75) is 39.4 Å². The van der Waals surface area contributed by atoms with E-state index in [1.807, 2.05) is 0 Å². The fraction of sp³-hybridized carbons (Fsp3) is 0.286. The number of halogens is 3. The van der Waals surface area contributed by atoms with Gasteiger partial charge >= 0.3 is 6.18 Å². The van der Waals surface area contributed by atoms with Crippen LogP contribution in [0.4, 0.5) is 18.9 Å². The average Bonchev–Trinajstić information content (AvgIpc) is 2.65. The molecule has 152 valence electrons. The van der Waals surface area contributed by atoms with Crippen LogP contribution in [0.15, 0.2) is 47.3 Å². The third kappa shape index (κ3) is 4.01. The molecule has 1 heterocycles. The van der Waals surface area contributed by atoms with E-state index in [0.29, 0.717) is 5.69 Å². The first-order valence-corrected chi connectivity index (χ1v) is 9.10. The second-order valence-corrected chi connectivity index (χ2v) is 6.84. The van der Waals surface area contributed by atoms with Gasteiger partial charge in [0.25, 0.3) is 5.56 Å². The number of nitrogens with zero attached hydrogens (tertiary/aromatic N) is 2. The van der Waals surface area contributed by atoms with Gasteiger partial charge in [-0.05, 0) is 55.7 Å². The van der Waals surface area contributed by atoms with E-state index < -0.39 is 29.4 Å². The van der Waals surface area contributed by atoms with Gasteiger partial charge < -0.3 is 5.32 Å². The van der Waals surface area contributed by atoms with Crippen molar-refractivity contribution in [3.8, 4) is 0 Å². The Morgan fingerprint density at radius 2 is 1.76 bits per heavy atom. The standard InChI is InChI=1S/C21H20F3N3O2/c1-4-16(19(28)25-14-8-6-5-7-9-14)27-17-11-13(3)12(2)10-15(17)26-18(20(27)29)21(22,23)24/h5-11,16H,4H2,1-3H3,(H,25,28)/t16-/m0/s1. The summed E-state index contributed by atoms with van der Waals surface area (Å²) >= 11 is 0. The van der Waals surface area contributed by atoms with Gasteiger partial charge in [0.1, 0.15) is 6.04 Å². The number of alkyl halides is 3. The van der Waals surface area contributed by atoms with Gasteiger partial charge in [-0.2, -0.15) is 13.2 Å². The summed E-state index contributed by atoms with van der Waals surface area (Å²) in [4.78, 5) is 29.2. The molecule has 5 nitrogen and oxygen atoms in total. The number of aromatic nitrogens is 2. The molecule has 0 fully saturated rings. The third-order valence-electron chi connectivity index (χ3n) is 4.81. The molecule has 1 N–H and O–H groups in total. The van der Waals surface area contributed by atoms with Gasteiger partial charge in [-0.1, -0.05) is 25.1 Å². The summed E-state index contributed by atoms with van der Waals surface area (Å²) in [5.41, 5.74) is -0.629. The minimum absolute atomic E-state index is 0.0194. The molecule has 2 aromatic carbocycles. The Kier molecular flexibility index (Phi) is 5.46. The lowest BCUT2D eigenvalue weighted by molar-refractivity contribution is -0.142. The van der Waals surface area contributed by atoms with Crippen molar-refractivity contribution >= 4 is 22.6 Å². The Morgan fingerprint density at radius 1 is 1.14 bits per heavy atom. The lowest BCUT2D eigenvalue weighted by Crippen LogP contribution is -2.37. The van der Waals surface area contributed by atoms with Gasteiger partial charge in [-0.3, -0.25) is 14.2 Å². The highest BCUT2D eigenvalue weighted by atomic mass is 19.4. The Hall–Kier alpha value is -3.16. The summed E-state index contributed by atoms with van der Waals surface area (Å²) < 4.78 is 41.3. The number of rotatable bonds is 4. The minimum Gasteiger partial charge on any atom is -0.324 e. The number of hydrogen-bond donors (Lipinski definition) is 1. The van der Waals surface area contributed by atoms with Gasteiger partial charge in [-0.15, -0.1) is 0 Å². The summed E-state index contributed by atoms with van der Waals surface area (Å²) in [5.74, 6) is -0.570. The van der Waals surface area contributed by atoms with E-state index >= 15 is 0 Å². The molecule has 0 aliphatic heterocycles. The van der Waals surface area contributed by atoms with Crippen LogP contribution in [0.2, 0.25) is 0 Å². The van der Waals surface area contributed by atoms with Crippen LogP contribution in [0.1, 0.15) is 36.2 Å². The zero-order valence-electron chi connectivity index (χ0n) is 16.2. The highest BCUT2D eigenvalue weighted by molar-refractivity contribution is 5.94. The number of fused-ring (bicyclic) bond motifs is 1. The van der Waals surface area contributed by atoms with Crippen LogP contribution in [0, 0.1) is 13.8 Å². The van der Waals surface area contributed by atoms with Crippen LogP contribution in [-0.2, 0) is 11.0 Å². The Labute approximate surface area is 165 Å². The quantitative estimate of drug-likeness (QED) is 0.691. The van der Waals surface area contributed by atoms with E-state index in [4.69, 9.17) is 0 Å². The number of carbonyl (C=O) groups is 1. The molecule has 3 aromatic rings.